The van der Waals surface area contributed by atoms with Gasteiger partial charge in [-0.25, -0.2) is 0 Å². The lowest BCUT2D eigenvalue weighted by molar-refractivity contribution is 0.526. The molecule has 0 radical (unpaired) electrons. The van der Waals surface area contributed by atoms with Crippen molar-refractivity contribution in [2.24, 2.45) is 0 Å². The lowest BCUT2D eigenvalue weighted by Gasteiger charge is -2.06. The molecule has 0 saturated carbocycles. The Labute approximate surface area is 74.1 Å². The molecule has 1 aliphatic heterocycles. The average Bonchev–Trinajstić information content (AvgIpc) is 2.55. The molecular weight excluding hydrogens is 206 g/mol. The third-order valence-corrected chi connectivity index (χ3v) is 2.73. The summed E-state index contributed by atoms with van der Waals surface area (Å²) >= 11 is 3.37. The van der Waals surface area contributed by atoms with E-state index in [1.807, 2.05) is 6.07 Å². The van der Waals surface area contributed by atoms with E-state index in [1.54, 1.807) is 6.26 Å². The Morgan fingerprint density at radius 1 is 1.64 bits per heavy atom. The molecule has 2 rings (SSSR count). The van der Waals surface area contributed by atoms with Gasteiger partial charge in [0, 0.05) is 11.6 Å². The molecule has 1 aromatic heterocycles. The Hall–Kier alpha value is -0.280. The average molecular weight is 216 g/mol. The highest BCUT2D eigenvalue weighted by Crippen LogP contribution is 2.29. The number of hydrogen-bond acceptors (Lipinski definition) is 2. The minimum Gasteiger partial charge on any atom is -0.457 e. The molecule has 0 amide bonds. The first kappa shape index (κ1) is 7.37. The Bertz CT molecular complexity index is 240. The SMILES string of the molecule is Brc1occc1[C@@H]1CCCN1. The zero-order valence-electron chi connectivity index (χ0n) is 6.14. The van der Waals surface area contributed by atoms with Gasteiger partial charge in [-0.3, -0.25) is 0 Å². The fourth-order valence-electron chi connectivity index (χ4n) is 1.50. The lowest BCUT2D eigenvalue weighted by Crippen LogP contribution is -2.12. The predicted molar refractivity (Wildman–Crippen MR) is 46.4 cm³/mol. The molecular formula is C8H10BrNO. The van der Waals surface area contributed by atoms with Crippen molar-refractivity contribution in [1.29, 1.82) is 0 Å². The smallest absolute Gasteiger partial charge is 0.173 e. The lowest BCUT2D eigenvalue weighted by atomic mass is 10.1. The fourth-order valence-corrected chi connectivity index (χ4v) is 2.02. The molecule has 1 atom stereocenters. The second-order valence-corrected chi connectivity index (χ2v) is 3.52. The van der Waals surface area contributed by atoms with E-state index in [9.17, 15) is 0 Å². The molecule has 0 aliphatic carbocycles. The second-order valence-electron chi connectivity index (χ2n) is 2.80. The fraction of sp³-hybridized carbons (Fsp3) is 0.500. The van der Waals surface area contributed by atoms with E-state index < -0.39 is 0 Å². The molecule has 2 heterocycles. The zero-order chi connectivity index (χ0) is 7.68. The number of nitrogens with one attached hydrogen (secondary N) is 1. The van der Waals surface area contributed by atoms with Crippen LogP contribution in [0.4, 0.5) is 0 Å². The second kappa shape index (κ2) is 2.99. The van der Waals surface area contributed by atoms with E-state index in [-0.39, 0.29) is 0 Å². The molecule has 1 N–H and O–H groups in total. The van der Waals surface area contributed by atoms with Crippen LogP contribution in [0.25, 0.3) is 0 Å². The van der Waals surface area contributed by atoms with E-state index in [1.165, 1.54) is 18.4 Å². The van der Waals surface area contributed by atoms with E-state index in [0.29, 0.717) is 6.04 Å². The molecule has 0 spiro atoms. The van der Waals surface area contributed by atoms with E-state index >= 15 is 0 Å². The first-order chi connectivity index (χ1) is 5.38. The molecule has 60 valence electrons. The molecule has 1 aromatic rings. The van der Waals surface area contributed by atoms with Crippen LogP contribution in [0, 0.1) is 0 Å². The van der Waals surface area contributed by atoms with Crippen molar-refractivity contribution in [3.8, 4) is 0 Å². The first-order valence-electron chi connectivity index (χ1n) is 3.84. The number of halogens is 1. The van der Waals surface area contributed by atoms with Gasteiger partial charge in [0.2, 0.25) is 0 Å². The van der Waals surface area contributed by atoms with Gasteiger partial charge in [0.25, 0.3) is 0 Å². The Morgan fingerprint density at radius 2 is 2.55 bits per heavy atom. The van der Waals surface area contributed by atoms with Gasteiger partial charge in [0.15, 0.2) is 4.67 Å². The third kappa shape index (κ3) is 1.35. The molecule has 0 bridgehead atoms. The monoisotopic (exact) mass is 215 g/mol. The molecule has 11 heavy (non-hydrogen) atoms. The summed E-state index contributed by atoms with van der Waals surface area (Å²) in [6.07, 6.45) is 4.21. The van der Waals surface area contributed by atoms with Crippen LogP contribution < -0.4 is 5.32 Å². The molecule has 1 fully saturated rings. The summed E-state index contributed by atoms with van der Waals surface area (Å²) in [4.78, 5) is 0. The summed E-state index contributed by atoms with van der Waals surface area (Å²) in [6, 6.07) is 2.52. The van der Waals surface area contributed by atoms with Gasteiger partial charge in [0.05, 0.1) is 6.26 Å². The molecule has 3 heteroatoms. The minimum absolute atomic E-state index is 0.503. The zero-order valence-corrected chi connectivity index (χ0v) is 7.73. The molecule has 1 aliphatic rings. The van der Waals surface area contributed by atoms with Crippen LogP contribution in [-0.4, -0.2) is 6.54 Å². The summed E-state index contributed by atoms with van der Waals surface area (Å²) in [5.74, 6) is 0. The minimum atomic E-state index is 0.503. The van der Waals surface area contributed by atoms with Gasteiger partial charge >= 0.3 is 0 Å². The normalized spacial score (nSPS) is 24.3. The Balaban J connectivity index is 2.21. The summed E-state index contributed by atoms with van der Waals surface area (Å²) in [6.45, 7) is 1.13. The van der Waals surface area contributed by atoms with Gasteiger partial charge in [-0.1, -0.05) is 0 Å². The first-order valence-corrected chi connectivity index (χ1v) is 4.63. The van der Waals surface area contributed by atoms with Crippen molar-refractivity contribution in [3.63, 3.8) is 0 Å². The number of rotatable bonds is 1. The van der Waals surface area contributed by atoms with Crippen molar-refractivity contribution < 1.29 is 4.42 Å². The van der Waals surface area contributed by atoms with Crippen LogP contribution in [-0.2, 0) is 0 Å². The largest absolute Gasteiger partial charge is 0.457 e. The van der Waals surface area contributed by atoms with Crippen LogP contribution in [0.5, 0.6) is 0 Å². The van der Waals surface area contributed by atoms with Gasteiger partial charge in [0.1, 0.15) is 0 Å². The summed E-state index contributed by atoms with van der Waals surface area (Å²) in [7, 11) is 0. The number of furan rings is 1. The highest BCUT2D eigenvalue weighted by molar-refractivity contribution is 9.10. The van der Waals surface area contributed by atoms with Gasteiger partial charge < -0.3 is 9.73 Å². The van der Waals surface area contributed by atoms with Crippen LogP contribution >= 0.6 is 15.9 Å². The van der Waals surface area contributed by atoms with Crippen molar-refractivity contribution >= 4 is 15.9 Å². The third-order valence-electron chi connectivity index (χ3n) is 2.08. The molecule has 2 nitrogen and oxygen atoms in total. The van der Waals surface area contributed by atoms with Gasteiger partial charge in [-0.15, -0.1) is 0 Å². The van der Waals surface area contributed by atoms with Crippen LogP contribution in [0.15, 0.2) is 21.4 Å². The van der Waals surface area contributed by atoms with Crippen molar-refractivity contribution in [1.82, 2.24) is 5.32 Å². The van der Waals surface area contributed by atoms with E-state index in [4.69, 9.17) is 4.42 Å². The summed E-state index contributed by atoms with van der Waals surface area (Å²) in [5.41, 5.74) is 1.25. The standard InChI is InChI=1S/C8H10BrNO/c9-8-6(3-5-11-8)7-2-1-4-10-7/h3,5,7,10H,1-2,4H2/t7-/m0/s1. The highest BCUT2D eigenvalue weighted by Gasteiger charge is 2.19. The van der Waals surface area contributed by atoms with Crippen LogP contribution in [0.3, 0.4) is 0 Å². The maximum atomic E-state index is 5.15. The highest BCUT2D eigenvalue weighted by atomic mass is 79.9. The van der Waals surface area contributed by atoms with E-state index in [0.717, 1.165) is 11.2 Å². The topological polar surface area (TPSA) is 25.2 Å². The Kier molecular flexibility index (Phi) is 2.00. The molecule has 1 saturated heterocycles. The van der Waals surface area contributed by atoms with Gasteiger partial charge in [-0.05, 0) is 41.4 Å². The summed E-state index contributed by atoms with van der Waals surface area (Å²) in [5, 5.41) is 3.41. The van der Waals surface area contributed by atoms with Crippen LogP contribution in [0.1, 0.15) is 24.4 Å². The quantitative estimate of drug-likeness (QED) is 0.779. The van der Waals surface area contributed by atoms with Crippen molar-refractivity contribution in [2.45, 2.75) is 18.9 Å². The maximum absolute atomic E-state index is 5.15. The maximum Gasteiger partial charge on any atom is 0.173 e. The predicted octanol–water partition coefficient (Wildman–Crippen LogP) is 2.47. The van der Waals surface area contributed by atoms with Gasteiger partial charge in [-0.2, -0.15) is 0 Å². The van der Waals surface area contributed by atoms with Crippen molar-refractivity contribution in [3.05, 3.63) is 22.6 Å². The molecule has 0 aromatic carbocycles. The van der Waals surface area contributed by atoms with Crippen LogP contribution in [0.2, 0.25) is 0 Å². The molecule has 0 unspecified atom stereocenters. The summed E-state index contributed by atoms with van der Waals surface area (Å²) < 4.78 is 6.03. The Morgan fingerprint density at radius 3 is 3.09 bits per heavy atom. The number of hydrogen-bond donors (Lipinski definition) is 1. The van der Waals surface area contributed by atoms with E-state index in [2.05, 4.69) is 21.2 Å². The van der Waals surface area contributed by atoms with Crippen molar-refractivity contribution in [2.75, 3.05) is 6.54 Å².